The first-order chi connectivity index (χ1) is 8.37. The lowest BCUT2D eigenvalue weighted by molar-refractivity contribution is -0.274. The van der Waals surface area contributed by atoms with Crippen LogP contribution in [0.15, 0.2) is 18.2 Å². The van der Waals surface area contributed by atoms with Gasteiger partial charge in [0.25, 0.3) is 0 Å². The topological polar surface area (TPSA) is 35.2 Å². The van der Waals surface area contributed by atoms with Gasteiger partial charge in [0, 0.05) is 6.04 Å². The molecular formula is C12H13ClF3NO. The molecule has 2 nitrogen and oxygen atoms in total. The van der Waals surface area contributed by atoms with Gasteiger partial charge in [-0.15, -0.1) is 13.2 Å². The third-order valence-electron chi connectivity index (χ3n) is 3.22. The molecule has 0 aliphatic heterocycles. The predicted octanol–water partition coefficient (Wildman–Crippen LogP) is 4.04. The first kappa shape index (κ1) is 13.5. The molecule has 2 rings (SSSR count). The van der Waals surface area contributed by atoms with Crippen molar-refractivity contribution >= 4 is 11.6 Å². The van der Waals surface area contributed by atoms with Crippen LogP contribution < -0.4 is 10.5 Å². The molecule has 6 heteroatoms. The molecular weight excluding hydrogens is 267 g/mol. The zero-order valence-electron chi connectivity index (χ0n) is 9.51. The Balaban J connectivity index is 2.13. The van der Waals surface area contributed by atoms with E-state index < -0.39 is 12.1 Å². The van der Waals surface area contributed by atoms with E-state index in [2.05, 4.69) is 4.74 Å². The van der Waals surface area contributed by atoms with Crippen molar-refractivity contribution in [2.45, 2.75) is 31.7 Å². The van der Waals surface area contributed by atoms with Gasteiger partial charge < -0.3 is 10.5 Å². The van der Waals surface area contributed by atoms with E-state index in [1.165, 1.54) is 18.2 Å². The van der Waals surface area contributed by atoms with E-state index in [0.717, 1.165) is 24.8 Å². The van der Waals surface area contributed by atoms with E-state index >= 15 is 0 Å². The summed E-state index contributed by atoms with van der Waals surface area (Å²) < 4.78 is 40.0. The molecule has 1 atom stereocenters. The molecule has 0 heterocycles. The summed E-state index contributed by atoms with van der Waals surface area (Å²) in [7, 11) is 0. The molecule has 0 amide bonds. The summed E-state index contributed by atoms with van der Waals surface area (Å²) in [4.78, 5) is 0. The lowest BCUT2D eigenvalue weighted by Crippen LogP contribution is -2.26. The summed E-state index contributed by atoms with van der Waals surface area (Å²) in [5.41, 5.74) is 6.77. The van der Waals surface area contributed by atoms with E-state index in [1.807, 2.05) is 0 Å². The molecule has 1 aliphatic rings. The Bertz CT molecular complexity index is 432. The van der Waals surface area contributed by atoms with E-state index in [4.69, 9.17) is 17.3 Å². The summed E-state index contributed by atoms with van der Waals surface area (Å²) in [6.45, 7) is 0. The highest BCUT2D eigenvalue weighted by Crippen LogP contribution is 2.38. The fourth-order valence-corrected chi connectivity index (χ4v) is 2.23. The molecule has 0 unspecified atom stereocenters. The van der Waals surface area contributed by atoms with Crippen LogP contribution in [0, 0.1) is 5.92 Å². The normalized spacial score (nSPS) is 18.3. The molecule has 100 valence electrons. The van der Waals surface area contributed by atoms with Crippen molar-refractivity contribution < 1.29 is 17.9 Å². The van der Waals surface area contributed by atoms with Crippen molar-refractivity contribution in [1.29, 1.82) is 0 Å². The van der Waals surface area contributed by atoms with Crippen LogP contribution in [0.2, 0.25) is 5.02 Å². The van der Waals surface area contributed by atoms with E-state index in [1.54, 1.807) is 0 Å². The van der Waals surface area contributed by atoms with Crippen molar-refractivity contribution in [3.05, 3.63) is 28.8 Å². The quantitative estimate of drug-likeness (QED) is 0.906. The zero-order chi connectivity index (χ0) is 13.3. The van der Waals surface area contributed by atoms with Gasteiger partial charge in [0.15, 0.2) is 0 Å². The van der Waals surface area contributed by atoms with Crippen LogP contribution >= 0.6 is 11.6 Å². The fourth-order valence-electron chi connectivity index (χ4n) is 2.00. The molecule has 1 fully saturated rings. The molecule has 2 N–H and O–H groups in total. The summed E-state index contributed by atoms with van der Waals surface area (Å²) in [6, 6.07) is 4.03. The Kier molecular flexibility index (Phi) is 3.73. The summed E-state index contributed by atoms with van der Waals surface area (Å²) in [6.07, 6.45) is -1.47. The Morgan fingerprint density at radius 2 is 2.00 bits per heavy atom. The first-order valence-corrected chi connectivity index (χ1v) is 6.05. The Morgan fingerprint density at radius 3 is 2.44 bits per heavy atom. The number of hydrogen-bond acceptors (Lipinski definition) is 2. The molecule has 18 heavy (non-hydrogen) atoms. The van der Waals surface area contributed by atoms with Crippen LogP contribution in [0.3, 0.4) is 0 Å². The van der Waals surface area contributed by atoms with Gasteiger partial charge in [-0.1, -0.05) is 24.1 Å². The average molecular weight is 280 g/mol. The highest BCUT2D eigenvalue weighted by molar-refractivity contribution is 6.32. The highest BCUT2D eigenvalue weighted by atomic mass is 35.5. The molecule has 1 saturated carbocycles. The van der Waals surface area contributed by atoms with Gasteiger partial charge in [-0.2, -0.15) is 0 Å². The predicted molar refractivity (Wildman–Crippen MR) is 62.4 cm³/mol. The summed E-state index contributed by atoms with van der Waals surface area (Å²) in [5.74, 6) is 0.00387. The van der Waals surface area contributed by atoms with Crippen molar-refractivity contribution in [1.82, 2.24) is 0 Å². The molecule has 1 aliphatic carbocycles. The molecule has 0 bridgehead atoms. The maximum atomic E-state index is 12.1. The van der Waals surface area contributed by atoms with Crippen molar-refractivity contribution in [2.75, 3.05) is 0 Å². The average Bonchev–Trinajstić information content (AvgIpc) is 2.16. The van der Waals surface area contributed by atoms with Gasteiger partial charge in [0.05, 0.1) is 5.02 Å². The minimum atomic E-state index is -4.73. The second kappa shape index (κ2) is 4.97. The maximum absolute atomic E-state index is 12.1. The fraction of sp³-hybridized carbons (Fsp3) is 0.500. The third kappa shape index (κ3) is 3.09. The van der Waals surface area contributed by atoms with E-state index in [0.29, 0.717) is 5.92 Å². The van der Waals surface area contributed by atoms with Gasteiger partial charge in [-0.3, -0.25) is 0 Å². The largest absolute Gasteiger partial charge is 0.573 e. The monoisotopic (exact) mass is 279 g/mol. The molecule has 0 radical (unpaired) electrons. The number of alkyl halides is 3. The second-order valence-corrected chi connectivity index (χ2v) is 4.86. The summed E-state index contributed by atoms with van der Waals surface area (Å²) in [5, 5.41) is -0.0698. The van der Waals surface area contributed by atoms with Crippen LogP contribution in [-0.2, 0) is 0 Å². The van der Waals surface area contributed by atoms with E-state index in [9.17, 15) is 13.2 Å². The molecule has 0 spiro atoms. The number of hydrogen-bond donors (Lipinski definition) is 1. The minimum Gasteiger partial charge on any atom is -0.404 e. The van der Waals surface area contributed by atoms with Crippen LogP contribution in [0.25, 0.3) is 0 Å². The third-order valence-corrected chi connectivity index (χ3v) is 3.52. The molecule has 0 aromatic heterocycles. The first-order valence-electron chi connectivity index (χ1n) is 5.67. The number of halogens is 4. The Morgan fingerprint density at radius 1 is 1.33 bits per heavy atom. The van der Waals surface area contributed by atoms with Crippen molar-refractivity contribution in [2.24, 2.45) is 11.7 Å². The highest BCUT2D eigenvalue weighted by Gasteiger charge is 2.32. The Labute approximate surface area is 108 Å². The SMILES string of the molecule is N[C@H](c1ccc(OC(F)(F)F)c(Cl)c1)C1CCC1. The van der Waals surface area contributed by atoms with Gasteiger partial charge in [-0.25, -0.2) is 0 Å². The van der Waals surface area contributed by atoms with Gasteiger partial charge in [-0.05, 0) is 36.5 Å². The van der Waals surface area contributed by atoms with Crippen molar-refractivity contribution in [3.8, 4) is 5.75 Å². The lowest BCUT2D eigenvalue weighted by atomic mass is 9.77. The van der Waals surface area contributed by atoms with Gasteiger partial charge >= 0.3 is 6.36 Å². The van der Waals surface area contributed by atoms with Gasteiger partial charge in [0.2, 0.25) is 0 Å². The number of benzene rings is 1. The maximum Gasteiger partial charge on any atom is 0.573 e. The zero-order valence-corrected chi connectivity index (χ0v) is 10.3. The molecule has 1 aromatic carbocycles. The van der Waals surface area contributed by atoms with Crippen LogP contribution in [0.5, 0.6) is 5.75 Å². The number of nitrogens with two attached hydrogens (primary N) is 1. The van der Waals surface area contributed by atoms with E-state index in [-0.39, 0.29) is 11.1 Å². The minimum absolute atomic E-state index is 0.0698. The number of ether oxygens (including phenoxy) is 1. The number of rotatable bonds is 3. The summed E-state index contributed by atoms with van der Waals surface area (Å²) >= 11 is 5.76. The standard InChI is InChI=1S/C12H13ClF3NO/c13-9-6-8(11(17)7-2-1-3-7)4-5-10(9)18-12(14,15)16/h4-7,11H,1-3,17H2/t11-/m0/s1. The molecule has 0 saturated heterocycles. The second-order valence-electron chi connectivity index (χ2n) is 4.45. The Hall–Kier alpha value is -0.940. The lowest BCUT2D eigenvalue weighted by Gasteiger charge is -2.31. The van der Waals surface area contributed by atoms with Crippen LogP contribution in [0.1, 0.15) is 30.9 Å². The smallest absolute Gasteiger partial charge is 0.404 e. The van der Waals surface area contributed by atoms with Gasteiger partial charge in [0.1, 0.15) is 5.75 Å². The molecule has 1 aromatic rings. The van der Waals surface area contributed by atoms with Crippen molar-refractivity contribution in [3.63, 3.8) is 0 Å². The van der Waals surface area contributed by atoms with Crippen LogP contribution in [0.4, 0.5) is 13.2 Å². The van der Waals surface area contributed by atoms with Crippen LogP contribution in [-0.4, -0.2) is 6.36 Å².